The summed E-state index contributed by atoms with van der Waals surface area (Å²) >= 11 is 6.28. The van der Waals surface area contributed by atoms with Crippen LogP contribution in [0.4, 0.5) is 14.7 Å². The third kappa shape index (κ3) is 3.43. The minimum atomic E-state index is -2.74. The van der Waals surface area contributed by atoms with Crippen molar-refractivity contribution in [2.45, 2.75) is 37.5 Å². The third-order valence-electron chi connectivity index (χ3n) is 4.40. The fourth-order valence-corrected chi connectivity index (χ4v) is 3.32. The van der Waals surface area contributed by atoms with Crippen molar-refractivity contribution in [1.82, 2.24) is 30.0 Å². The number of nitrogens with zero attached hydrogens (tertiary/aromatic N) is 6. The van der Waals surface area contributed by atoms with E-state index in [1.807, 2.05) is 0 Å². The van der Waals surface area contributed by atoms with E-state index < -0.39 is 23.3 Å². The highest BCUT2D eigenvalue weighted by molar-refractivity contribution is 6.34. The molecule has 0 aliphatic heterocycles. The molecule has 0 spiro atoms. The van der Waals surface area contributed by atoms with Crippen molar-refractivity contribution in [2.24, 2.45) is 14.1 Å². The van der Waals surface area contributed by atoms with Crippen LogP contribution in [0.1, 0.15) is 47.7 Å². The van der Waals surface area contributed by atoms with Gasteiger partial charge in [-0.3, -0.25) is 14.9 Å². The first-order chi connectivity index (χ1) is 12.2. The highest BCUT2D eigenvalue weighted by Crippen LogP contribution is 2.41. The third-order valence-corrected chi connectivity index (χ3v) is 4.79. The normalized spacial score (nSPS) is 17.3. The largest absolute Gasteiger partial charge is 0.288 e. The summed E-state index contributed by atoms with van der Waals surface area (Å²) in [5.74, 6) is -3.82. The van der Waals surface area contributed by atoms with E-state index in [0.29, 0.717) is 0 Å². The fraction of sp³-hybridized carbons (Fsp3) is 0.571. The molecule has 26 heavy (non-hydrogen) atoms. The molecule has 3 rings (SSSR count). The first kappa shape index (κ1) is 18.4. The van der Waals surface area contributed by atoms with E-state index in [1.165, 1.54) is 18.8 Å². The van der Waals surface area contributed by atoms with Crippen LogP contribution >= 0.6 is 11.6 Å². The Morgan fingerprint density at radius 2 is 1.92 bits per heavy atom. The molecule has 1 amide bonds. The highest BCUT2D eigenvalue weighted by Gasteiger charge is 2.38. The number of carbonyl (C=O) groups is 1. The monoisotopic (exact) mass is 387 g/mol. The fourth-order valence-electron chi connectivity index (χ4n) is 2.96. The van der Waals surface area contributed by atoms with E-state index in [-0.39, 0.29) is 47.9 Å². The summed E-state index contributed by atoms with van der Waals surface area (Å²) in [7, 11) is 2.90. The van der Waals surface area contributed by atoms with Crippen molar-refractivity contribution in [2.75, 3.05) is 5.32 Å². The Hall–Kier alpha value is -2.43. The SMILES string of the molecule is Cn1nnnc1NC(=O)c1nn(C)c(=O)c(C2CCC(F)(F)CC2)c1Cl. The molecular formula is C14H16ClF2N7O2. The molecule has 140 valence electrons. The summed E-state index contributed by atoms with van der Waals surface area (Å²) in [6, 6.07) is 0. The quantitative estimate of drug-likeness (QED) is 0.855. The molecule has 1 N–H and O–H groups in total. The molecule has 1 aliphatic rings. The maximum absolute atomic E-state index is 13.4. The number of hydrogen-bond donors (Lipinski definition) is 1. The summed E-state index contributed by atoms with van der Waals surface area (Å²) in [6.45, 7) is 0. The zero-order chi connectivity index (χ0) is 19.1. The van der Waals surface area contributed by atoms with Gasteiger partial charge in [-0.2, -0.15) is 5.10 Å². The van der Waals surface area contributed by atoms with Crippen LogP contribution in [-0.2, 0) is 14.1 Å². The molecule has 0 aromatic carbocycles. The van der Waals surface area contributed by atoms with Crippen LogP contribution in [-0.4, -0.2) is 41.8 Å². The van der Waals surface area contributed by atoms with Gasteiger partial charge >= 0.3 is 0 Å². The molecule has 0 radical (unpaired) electrons. The van der Waals surface area contributed by atoms with E-state index >= 15 is 0 Å². The molecule has 0 bridgehead atoms. The smallest absolute Gasteiger partial charge is 0.280 e. The molecule has 0 saturated heterocycles. The Morgan fingerprint density at radius 3 is 2.50 bits per heavy atom. The molecule has 2 heterocycles. The average Bonchev–Trinajstić information content (AvgIpc) is 2.97. The van der Waals surface area contributed by atoms with Gasteiger partial charge in [-0.05, 0) is 29.2 Å². The minimum Gasteiger partial charge on any atom is -0.288 e. The van der Waals surface area contributed by atoms with Gasteiger partial charge in [-0.1, -0.05) is 16.7 Å². The molecule has 0 atom stereocenters. The minimum absolute atomic E-state index is 0.0700. The molecule has 2 aromatic rings. The maximum Gasteiger partial charge on any atom is 0.280 e. The van der Waals surface area contributed by atoms with Crippen LogP contribution in [0, 0.1) is 0 Å². The number of aryl methyl sites for hydroxylation is 2. The number of rotatable bonds is 3. The first-order valence-electron chi connectivity index (χ1n) is 7.88. The summed E-state index contributed by atoms with van der Waals surface area (Å²) in [4.78, 5) is 24.9. The van der Waals surface area contributed by atoms with Gasteiger partial charge in [0.25, 0.3) is 11.5 Å². The number of alkyl halides is 2. The van der Waals surface area contributed by atoms with Crippen molar-refractivity contribution in [3.8, 4) is 0 Å². The lowest BCUT2D eigenvalue weighted by Crippen LogP contribution is -2.33. The standard InChI is InChI=1S/C14H16ClF2N7O2/c1-23-12(26)8(7-3-5-14(16,17)6-4-7)9(15)10(20-23)11(25)18-13-19-21-22-24(13)2/h7H,3-6H2,1-2H3,(H,18,19,22,25). The molecule has 1 aliphatic carbocycles. The van der Waals surface area contributed by atoms with E-state index in [2.05, 4.69) is 25.9 Å². The lowest BCUT2D eigenvalue weighted by atomic mass is 9.82. The second-order valence-corrected chi connectivity index (χ2v) is 6.59. The van der Waals surface area contributed by atoms with Crippen molar-refractivity contribution >= 4 is 23.5 Å². The number of tetrazole rings is 1. The second kappa shape index (κ2) is 6.71. The Morgan fingerprint density at radius 1 is 1.27 bits per heavy atom. The van der Waals surface area contributed by atoms with Crippen LogP contribution in [0.2, 0.25) is 5.02 Å². The van der Waals surface area contributed by atoms with Crippen LogP contribution in [0.25, 0.3) is 0 Å². The molecule has 1 saturated carbocycles. The number of aromatic nitrogens is 6. The number of amides is 1. The number of carbonyl (C=O) groups excluding carboxylic acids is 1. The van der Waals surface area contributed by atoms with Gasteiger partial charge in [-0.15, -0.1) is 0 Å². The van der Waals surface area contributed by atoms with Crippen LogP contribution in [0.15, 0.2) is 4.79 Å². The Bertz CT molecular complexity index is 901. The summed E-state index contributed by atoms with van der Waals surface area (Å²) in [5, 5.41) is 16.8. The number of hydrogen-bond acceptors (Lipinski definition) is 6. The summed E-state index contributed by atoms with van der Waals surface area (Å²) in [6.07, 6.45) is -0.433. The maximum atomic E-state index is 13.4. The van der Waals surface area contributed by atoms with Gasteiger partial charge in [-0.25, -0.2) is 18.1 Å². The zero-order valence-corrected chi connectivity index (χ0v) is 14.8. The summed E-state index contributed by atoms with van der Waals surface area (Å²) in [5.41, 5.74) is -0.549. The van der Waals surface area contributed by atoms with Crippen molar-refractivity contribution in [1.29, 1.82) is 0 Å². The van der Waals surface area contributed by atoms with Gasteiger partial charge in [0.1, 0.15) is 0 Å². The Kier molecular flexibility index (Phi) is 4.74. The number of halogens is 3. The van der Waals surface area contributed by atoms with Crippen LogP contribution < -0.4 is 10.9 Å². The Labute approximate surface area is 151 Å². The van der Waals surface area contributed by atoms with E-state index in [1.54, 1.807) is 0 Å². The van der Waals surface area contributed by atoms with Crippen molar-refractivity contribution in [3.05, 3.63) is 26.6 Å². The predicted molar refractivity (Wildman–Crippen MR) is 87.4 cm³/mol. The van der Waals surface area contributed by atoms with Gasteiger partial charge in [0.05, 0.1) is 5.02 Å². The number of anilines is 1. The average molecular weight is 388 g/mol. The van der Waals surface area contributed by atoms with Gasteiger partial charge in [0.2, 0.25) is 11.9 Å². The topological polar surface area (TPSA) is 108 Å². The van der Waals surface area contributed by atoms with E-state index in [4.69, 9.17) is 11.6 Å². The molecular weight excluding hydrogens is 372 g/mol. The molecule has 12 heteroatoms. The van der Waals surface area contributed by atoms with E-state index in [9.17, 15) is 18.4 Å². The van der Waals surface area contributed by atoms with Crippen LogP contribution in [0.3, 0.4) is 0 Å². The molecule has 1 fully saturated rings. The van der Waals surface area contributed by atoms with Gasteiger partial charge in [0, 0.05) is 32.5 Å². The molecule has 0 unspecified atom stereocenters. The lowest BCUT2D eigenvalue weighted by Gasteiger charge is -2.28. The molecule has 9 nitrogen and oxygen atoms in total. The first-order valence-corrected chi connectivity index (χ1v) is 8.25. The van der Waals surface area contributed by atoms with E-state index in [0.717, 1.165) is 4.68 Å². The molecule has 2 aromatic heterocycles. The second-order valence-electron chi connectivity index (χ2n) is 6.22. The van der Waals surface area contributed by atoms with Crippen molar-refractivity contribution < 1.29 is 13.6 Å². The zero-order valence-electron chi connectivity index (χ0n) is 14.0. The lowest BCUT2D eigenvalue weighted by molar-refractivity contribution is -0.0383. The van der Waals surface area contributed by atoms with Gasteiger partial charge in [0.15, 0.2) is 5.69 Å². The Balaban J connectivity index is 1.95. The number of nitrogens with one attached hydrogen (secondary N) is 1. The summed E-state index contributed by atoms with van der Waals surface area (Å²) < 4.78 is 29.1. The predicted octanol–water partition coefficient (Wildman–Crippen LogP) is 1.50. The van der Waals surface area contributed by atoms with Gasteiger partial charge < -0.3 is 0 Å². The highest BCUT2D eigenvalue weighted by atomic mass is 35.5. The van der Waals surface area contributed by atoms with Crippen LogP contribution in [0.5, 0.6) is 0 Å². The van der Waals surface area contributed by atoms with Crippen molar-refractivity contribution in [3.63, 3.8) is 0 Å².